The Morgan fingerprint density at radius 2 is 1.89 bits per heavy atom. The van der Waals surface area contributed by atoms with Gasteiger partial charge in [0.2, 0.25) is 0 Å². The van der Waals surface area contributed by atoms with Gasteiger partial charge in [-0.25, -0.2) is 0 Å². The summed E-state index contributed by atoms with van der Waals surface area (Å²) in [7, 11) is 0. The van der Waals surface area contributed by atoms with Crippen LogP contribution < -0.4 is 0 Å². The van der Waals surface area contributed by atoms with E-state index in [1.165, 1.54) is 0 Å². The third-order valence-corrected chi connectivity index (χ3v) is 6.13. The van der Waals surface area contributed by atoms with Gasteiger partial charge in [0.15, 0.2) is 0 Å². The molecule has 3 aliphatic rings. The van der Waals surface area contributed by atoms with Crippen LogP contribution in [0.5, 0.6) is 0 Å². The molecule has 0 aromatic carbocycles. The van der Waals surface area contributed by atoms with Crippen molar-refractivity contribution in [3.8, 4) is 0 Å². The first-order chi connectivity index (χ1) is 8.19. The normalized spacial score (nSPS) is 55.1. The monoisotopic (exact) mass is 252 g/mol. The number of aliphatic hydroxyl groups excluding tert-OH is 2. The number of hydrogen-bond donors (Lipinski definition) is 3. The van der Waals surface area contributed by atoms with Crippen molar-refractivity contribution in [2.45, 2.75) is 51.4 Å². The van der Waals surface area contributed by atoms with Crippen molar-refractivity contribution in [2.24, 2.45) is 29.1 Å². The van der Waals surface area contributed by atoms with Gasteiger partial charge < -0.3 is 15.3 Å². The molecule has 0 aromatic heterocycles. The minimum atomic E-state index is -0.793. The molecule has 7 atom stereocenters. The molecule has 0 amide bonds. The molecule has 0 heterocycles. The molecule has 0 saturated heterocycles. The van der Waals surface area contributed by atoms with Crippen molar-refractivity contribution in [3.05, 3.63) is 12.2 Å². The Morgan fingerprint density at radius 1 is 1.28 bits per heavy atom. The van der Waals surface area contributed by atoms with E-state index < -0.39 is 17.8 Å². The summed E-state index contributed by atoms with van der Waals surface area (Å²) < 4.78 is 0. The van der Waals surface area contributed by atoms with Gasteiger partial charge in [-0.2, -0.15) is 0 Å². The van der Waals surface area contributed by atoms with Crippen LogP contribution in [0.25, 0.3) is 0 Å². The Kier molecular flexibility index (Phi) is 2.38. The molecule has 0 aliphatic heterocycles. The number of aliphatic hydroxyl groups is 3. The van der Waals surface area contributed by atoms with Crippen LogP contribution in [0.15, 0.2) is 12.2 Å². The summed E-state index contributed by atoms with van der Waals surface area (Å²) in [6.45, 7) is 9.94. The molecule has 6 unspecified atom stereocenters. The lowest BCUT2D eigenvalue weighted by Gasteiger charge is -2.53. The quantitative estimate of drug-likeness (QED) is 0.617. The van der Waals surface area contributed by atoms with Crippen molar-refractivity contribution in [2.75, 3.05) is 0 Å². The lowest BCUT2D eigenvalue weighted by atomic mass is 9.53. The van der Waals surface area contributed by atoms with Crippen LogP contribution in [0.2, 0.25) is 0 Å². The molecule has 3 nitrogen and oxygen atoms in total. The highest BCUT2D eigenvalue weighted by Crippen LogP contribution is 2.68. The van der Waals surface area contributed by atoms with E-state index >= 15 is 0 Å². The van der Waals surface area contributed by atoms with Crippen molar-refractivity contribution in [1.82, 2.24) is 0 Å². The second-order valence-corrected chi connectivity index (χ2v) is 7.35. The molecule has 0 spiro atoms. The van der Waals surface area contributed by atoms with E-state index in [-0.39, 0.29) is 29.1 Å². The SMILES string of the molecule is C=C1C2C(O)C3C(C2O)C1(C)CC[C@@H]3C(C)(C)O. The topological polar surface area (TPSA) is 60.7 Å². The van der Waals surface area contributed by atoms with Crippen molar-refractivity contribution in [1.29, 1.82) is 0 Å². The molecule has 3 heteroatoms. The van der Waals surface area contributed by atoms with Crippen molar-refractivity contribution < 1.29 is 15.3 Å². The van der Waals surface area contributed by atoms with E-state index in [4.69, 9.17) is 0 Å². The fourth-order valence-corrected chi connectivity index (χ4v) is 5.20. The Bertz CT molecular complexity index is 397. The van der Waals surface area contributed by atoms with E-state index in [0.717, 1.165) is 18.4 Å². The molecule has 0 radical (unpaired) electrons. The summed E-state index contributed by atoms with van der Waals surface area (Å²) in [5, 5.41) is 31.2. The first-order valence-corrected chi connectivity index (χ1v) is 6.97. The summed E-state index contributed by atoms with van der Waals surface area (Å²) in [6, 6.07) is 0. The Labute approximate surface area is 109 Å². The predicted molar refractivity (Wildman–Crippen MR) is 68.8 cm³/mol. The summed E-state index contributed by atoms with van der Waals surface area (Å²) in [4.78, 5) is 0. The maximum atomic E-state index is 10.5. The van der Waals surface area contributed by atoms with E-state index in [2.05, 4.69) is 13.5 Å². The summed E-state index contributed by atoms with van der Waals surface area (Å²) in [5.41, 5.74) is 0.187. The maximum absolute atomic E-state index is 10.5. The zero-order valence-corrected chi connectivity index (χ0v) is 11.4. The average molecular weight is 252 g/mol. The van der Waals surface area contributed by atoms with Gasteiger partial charge in [0.25, 0.3) is 0 Å². The second-order valence-electron chi connectivity index (χ2n) is 7.35. The zero-order valence-electron chi connectivity index (χ0n) is 11.4. The zero-order chi connectivity index (χ0) is 13.5. The van der Waals surface area contributed by atoms with Gasteiger partial charge in [-0.3, -0.25) is 0 Å². The van der Waals surface area contributed by atoms with Crippen molar-refractivity contribution in [3.63, 3.8) is 0 Å². The lowest BCUT2D eigenvalue weighted by molar-refractivity contribution is -0.110. The Hall–Kier alpha value is -0.380. The molecular weight excluding hydrogens is 228 g/mol. The van der Waals surface area contributed by atoms with E-state index in [0.29, 0.717) is 0 Å². The van der Waals surface area contributed by atoms with Gasteiger partial charge in [0.1, 0.15) is 0 Å². The summed E-state index contributed by atoms with van der Waals surface area (Å²) >= 11 is 0. The van der Waals surface area contributed by atoms with Crippen LogP contribution in [0.1, 0.15) is 33.6 Å². The van der Waals surface area contributed by atoms with Crippen LogP contribution >= 0.6 is 0 Å². The predicted octanol–water partition coefficient (Wildman–Crippen LogP) is 1.33. The van der Waals surface area contributed by atoms with Crippen LogP contribution in [-0.4, -0.2) is 33.1 Å². The largest absolute Gasteiger partial charge is 0.392 e. The highest BCUT2D eigenvalue weighted by molar-refractivity contribution is 5.34. The summed E-state index contributed by atoms with van der Waals surface area (Å²) in [5.74, 6) is -0.0436. The van der Waals surface area contributed by atoms with Gasteiger partial charge in [-0.1, -0.05) is 19.1 Å². The van der Waals surface area contributed by atoms with Gasteiger partial charge in [0.05, 0.1) is 17.8 Å². The van der Waals surface area contributed by atoms with Crippen LogP contribution in [-0.2, 0) is 0 Å². The minimum absolute atomic E-state index is 0.00856. The Morgan fingerprint density at radius 3 is 2.39 bits per heavy atom. The number of hydrogen-bond acceptors (Lipinski definition) is 3. The summed E-state index contributed by atoms with van der Waals surface area (Å²) in [6.07, 6.45) is 0.841. The van der Waals surface area contributed by atoms with Gasteiger partial charge in [0, 0.05) is 11.8 Å². The maximum Gasteiger partial charge on any atom is 0.0670 e. The molecule has 3 fully saturated rings. The van der Waals surface area contributed by atoms with Gasteiger partial charge in [-0.05, 0) is 43.9 Å². The molecule has 0 aromatic rings. The average Bonchev–Trinajstić information content (AvgIpc) is 2.60. The highest BCUT2D eigenvalue weighted by Gasteiger charge is 2.69. The molecule has 3 aliphatic carbocycles. The minimum Gasteiger partial charge on any atom is -0.392 e. The third-order valence-electron chi connectivity index (χ3n) is 6.13. The smallest absolute Gasteiger partial charge is 0.0670 e. The first kappa shape index (κ1) is 12.6. The number of fused-ring (bicyclic) bond motifs is 1. The molecule has 102 valence electrons. The van der Waals surface area contributed by atoms with Crippen LogP contribution in [0, 0.1) is 29.1 Å². The molecule has 3 saturated carbocycles. The van der Waals surface area contributed by atoms with Gasteiger partial charge in [-0.15, -0.1) is 0 Å². The fraction of sp³-hybridized carbons (Fsp3) is 0.867. The third kappa shape index (κ3) is 1.25. The first-order valence-electron chi connectivity index (χ1n) is 6.97. The van der Waals surface area contributed by atoms with Crippen molar-refractivity contribution >= 4 is 0 Å². The molecule has 3 N–H and O–H groups in total. The van der Waals surface area contributed by atoms with E-state index in [1.54, 1.807) is 0 Å². The second kappa shape index (κ2) is 3.38. The standard InChI is InChI=1S/C15H24O3/c1-7-9-12(16)10-8(14(2,3)18)5-6-15(7,4)11(10)13(9)17/h8-13,16-18H,1,5-6H2,2-4H3/t8-,9?,10?,11?,12?,13?,15?/m0/s1. The van der Waals surface area contributed by atoms with Crippen LogP contribution in [0.3, 0.4) is 0 Å². The molecule has 3 rings (SSSR count). The van der Waals surface area contributed by atoms with E-state index in [9.17, 15) is 15.3 Å². The van der Waals surface area contributed by atoms with E-state index in [1.807, 2.05) is 13.8 Å². The fourth-order valence-electron chi connectivity index (χ4n) is 5.20. The Balaban J connectivity index is 2.04. The van der Waals surface area contributed by atoms with Crippen LogP contribution in [0.4, 0.5) is 0 Å². The molecular formula is C15H24O3. The molecule has 2 bridgehead atoms. The molecule has 18 heavy (non-hydrogen) atoms. The highest BCUT2D eigenvalue weighted by atomic mass is 16.3. The van der Waals surface area contributed by atoms with Gasteiger partial charge >= 0.3 is 0 Å². The lowest BCUT2D eigenvalue weighted by Crippen LogP contribution is -2.53. The number of rotatable bonds is 1.